The summed E-state index contributed by atoms with van der Waals surface area (Å²) in [4.78, 5) is 32.2. The van der Waals surface area contributed by atoms with Gasteiger partial charge in [0.15, 0.2) is 11.8 Å². The van der Waals surface area contributed by atoms with Gasteiger partial charge in [0.05, 0.1) is 12.1 Å². The summed E-state index contributed by atoms with van der Waals surface area (Å²) in [6.45, 7) is 1.95. The molecule has 3 N–H and O–H groups in total. The highest BCUT2D eigenvalue weighted by Crippen LogP contribution is 2.37. The van der Waals surface area contributed by atoms with Gasteiger partial charge in [0.2, 0.25) is 5.91 Å². The fourth-order valence-corrected chi connectivity index (χ4v) is 3.25. The van der Waals surface area contributed by atoms with E-state index in [1.807, 2.05) is 0 Å². The van der Waals surface area contributed by atoms with Crippen molar-refractivity contribution in [3.8, 4) is 17.1 Å². The molecule has 4 rings (SSSR count). The molecule has 12 heteroatoms. The second-order valence-corrected chi connectivity index (χ2v) is 6.79. The summed E-state index contributed by atoms with van der Waals surface area (Å²) in [5.74, 6) is 2.10. The van der Waals surface area contributed by atoms with Crippen molar-refractivity contribution in [2.24, 2.45) is 5.73 Å². The Hall–Kier alpha value is -3.66. The van der Waals surface area contributed by atoms with E-state index in [1.54, 1.807) is 29.7 Å². The molecule has 2 aliphatic heterocycles. The summed E-state index contributed by atoms with van der Waals surface area (Å²) in [5, 5.41) is 2.87. The van der Waals surface area contributed by atoms with Crippen LogP contribution in [0.25, 0.3) is 11.4 Å². The maximum atomic E-state index is 13.4. The molecule has 1 saturated heterocycles. The van der Waals surface area contributed by atoms with Crippen molar-refractivity contribution in [2.45, 2.75) is 32.0 Å². The average Bonchev–Trinajstić information content (AvgIpc) is 3.28. The molecule has 1 amide bonds. The monoisotopic (exact) mass is 420 g/mol. The molecule has 0 spiro atoms. The first-order chi connectivity index (χ1) is 14.4. The Bertz CT molecular complexity index is 1040. The number of nitrogens with two attached hydrogens (primary N) is 1. The number of fused-ring (bicyclic) bond motifs is 3. The Labute approximate surface area is 169 Å². The standard InChI is InChI=1S/C18H18F2N6O4/c1-9(17(21)28)23-13-4-12-10(5-22-13)18-24-14(6-25(18)2-3-29-12)26-11(16(19)20)8-30-15(26)7-27/h4-6,9,11,16H,2-3,8H2,1H3,(H2,21,28)(H,22,23)/t9-,11-/m0/s1. The molecule has 0 aliphatic carbocycles. The zero-order valence-electron chi connectivity index (χ0n) is 15.8. The van der Waals surface area contributed by atoms with Gasteiger partial charge < -0.3 is 25.1 Å². The lowest BCUT2D eigenvalue weighted by Gasteiger charge is -2.19. The number of imidazole rings is 1. The Morgan fingerprint density at radius 2 is 2.23 bits per heavy atom. The number of alkyl halides is 2. The van der Waals surface area contributed by atoms with Gasteiger partial charge in [-0.3, -0.25) is 9.69 Å². The highest BCUT2D eigenvalue weighted by Gasteiger charge is 2.40. The fourth-order valence-electron chi connectivity index (χ4n) is 3.25. The predicted octanol–water partition coefficient (Wildman–Crippen LogP) is 0.766. The van der Waals surface area contributed by atoms with Crippen LogP contribution in [0.2, 0.25) is 0 Å². The number of primary amides is 1. The molecule has 158 valence electrons. The van der Waals surface area contributed by atoms with E-state index in [9.17, 15) is 18.4 Å². The zero-order chi connectivity index (χ0) is 21.4. The second-order valence-electron chi connectivity index (χ2n) is 6.79. The fraction of sp³-hybridized carbons (Fsp3) is 0.389. The molecule has 0 aromatic carbocycles. The van der Waals surface area contributed by atoms with Gasteiger partial charge in [-0.2, -0.15) is 0 Å². The molecular formula is C18H18F2N6O4. The van der Waals surface area contributed by atoms with Crippen molar-refractivity contribution in [3.63, 3.8) is 0 Å². The third-order valence-electron chi connectivity index (χ3n) is 4.82. The molecule has 0 saturated carbocycles. The number of rotatable bonds is 5. The van der Waals surface area contributed by atoms with E-state index in [-0.39, 0.29) is 24.9 Å². The van der Waals surface area contributed by atoms with Crippen LogP contribution in [-0.4, -0.2) is 58.1 Å². The van der Waals surface area contributed by atoms with Crippen LogP contribution < -0.4 is 20.7 Å². The van der Waals surface area contributed by atoms with E-state index < -0.39 is 24.4 Å². The van der Waals surface area contributed by atoms with Crippen LogP contribution in [0.4, 0.5) is 20.4 Å². The van der Waals surface area contributed by atoms with E-state index in [0.717, 1.165) is 4.90 Å². The van der Waals surface area contributed by atoms with Crippen LogP contribution >= 0.6 is 0 Å². The van der Waals surface area contributed by atoms with E-state index in [2.05, 4.69) is 15.3 Å². The van der Waals surface area contributed by atoms with Crippen molar-refractivity contribution < 1.29 is 27.8 Å². The largest absolute Gasteiger partial charge is 0.491 e. The zero-order valence-corrected chi connectivity index (χ0v) is 15.8. The van der Waals surface area contributed by atoms with E-state index in [0.29, 0.717) is 29.5 Å². The van der Waals surface area contributed by atoms with Crippen molar-refractivity contribution in [3.05, 3.63) is 24.3 Å². The van der Waals surface area contributed by atoms with Crippen molar-refractivity contribution in [1.82, 2.24) is 14.5 Å². The van der Waals surface area contributed by atoms with Crippen LogP contribution in [0.3, 0.4) is 0 Å². The highest BCUT2D eigenvalue weighted by molar-refractivity contribution is 5.82. The molecule has 0 radical (unpaired) electrons. The summed E-state index contributed by atoms with van der Waals surface area (Å²) < 4.78 is 39.3. The summed E-state index contributed by atoms with van der Waals surface area (Å²) >= 11 is 0. The summed E-state index contributed by atoms with van der Waals surface area (Å²) in [5.41, 5.74) is 5.79. The summed E-state index contributed by atoms with van der Waals surface area (Å²) in [6.07, 6.45) is 0.313. The number of carbonyl (C=O) groups excluding carboxylic acids is 2. The van der Waals surface area contributed by atoms with E-state index in [4.69, 9.17) is 15.2 Å². The number of nitrogens with zero attached hydrogens (tertiary/aromatic N) is 4. The van der Waals surface area contributed by atoms with Gasteiger partial charge in [0.25, 0.3) is 12.3 Å². The SMILES string of the molecule is C[C@H](Nc1cc2c(cn1)-c1nc(N3C(=C=O)OC[C@H]3C(F)F)cn1CCO2)C(N)=O. The molecular weight excluding hydrogens is 402 g/mol. The Kier molecular flexibility index (Phi) is 5.00. The van der Waals surface area contributed by atoms with E-state index >= 15 is 0 Å². The molecule has 4 heterocycles. The minimum Gasteiger partial charge on any atom is -0.491 e. The lowest BCUT2D eigenvalue weighted by Crippen LogP contribution is -2.36. The average molecular weight is 420 g/mol. The van der Waals surface area contributed by atoms with Crippen LogP contribution in [0, 0.1) is 0 Å². The van der Waals surface area contributed by atoms with Gasteiger partial charge in [-0.25, -0.2) is 23.5 Å². The number of carbonyl (C=O) groups is 1. The minimum absolute atomic E-state index is 0.142. The predicted molar refractivity (Wildman–Crippen MR) is 101 cm³/mol. The maximum Gasteiger partial charge on any atom is 0.284 e. The number of halogens is 2. The lowest BCUT2D eigenvalue weighted by molar-refractivity contribution is -0.118. The molecule has 0 bridgehead atoms. The number of hydrogen-bond acceptors (Lipinski definition) is 8. The molecule has 2 aromatic heterocycles. The number of pyridine rings is 1. The van der Waals surface area contributed by atoms with Crippen LogP contribution in [0.1, 0.15) is 6.92 Å². The topological polar surface area (TPSA) is 125 Å². The van der Waals surface area contributed by atoms with Crippen molar-refractivity contribution >= 4 is 23.5 Å². The van der Waals surface area contributed by atoms with Gasteiger partial charge in [-0.05, 0) is 6.92 Å². The van der Waals surface area contributed by atoms with Crippen LogP contribution in [0.5, 0.6) is 5.75 Å². The second kappa shape index (κ2) is 7.64. The third kappa shape index (κ3) is 3.41. The summed E-state index contributed by atoms with van der Waals surface area (Å²) in [7, 11) is 0. The van der Waals surface area contributed by atoms with Crippen LogP contribution in [-0.2, 0) is 20.9 Å². The lowest BCUT2D eigenvalue weighted by atomic mass is 10.2. The smallest absolute Gasteiger partial charge is 0.284 e. The van der Waals surface area contributed by atoms with Gasteiger partial charge in [0.1, 0.15) is 42.7 Å². The number of aromatic nitrogens is 3. The Morgan fingerprint density at radius 1 is 1.43 bits per heavy atom. The first kappa shape index (κ1) is 19.6. The van der Waals surface area contributed by atoms with E-state index in [1.165, 1.54) is 6.20 Å². The number of amides is 1. The molecule has 2 aromatic rings. The van der Waals surface area contributed by atoms with Crippen molar-refractivity contribution in [1.29, 1.82) is 0 Å². The number of hydrogen-bond donors (Lipinski definition) is 2. The molecule has 0 unspecified atom stereocenters. The minimum atomic E-state index is -2.74. The number of nitrogens with one attached hydrogen (secondary N) is 1. The van der Waals surface area contributed by atoms with Gasteiger partial charge in [-0.1, -0.05) is 0 Å². The molecule has 10 nitrogen and oxygen atoms in total. The number of anilines is 2. The quantitative estimate of drug-likeness (QED) is 0.680. The molecule has 2 atom stereocenters. The first-order valence-electron chi connectivity index (χ1n) is 9.10. The molecule has 30 heavy (non-hydrogen) atoms. The van der Waals surface area contributed by atoms with Gasteiger partial charge in [-0.15, -0.1) is 0 Å². The Balaban J connectivity index is 1.71. The van der Waals surface area contributed by atoms with Gasteiger partial charge in [0, 0.05) is 18.5 Å². The third-order valence-corrected chi connectivity index (χ3v) is 4.82. The van der Waals surface area contributed by atoms with Gasteiger partial charge >= 0.3 is 0 Å². The normalized spacial score (nSPS) is 18.6. The highest BCUT2D eigenvalue weighted by atomic mass is 19.3. The number of ether oxygens (including phenoxy) is 2. The summed E-state index contributed by atoms with van der Waals surface area (Å²) in [6, 6.07) is -0.363. The maximum absolute atomic E-state index is 13.4. The Morgan fingerprint density at radius 3 is 2.93 bits per heavy atom. The first-order valence-corrected chi connectivity index (χ1v) is 9.10. The molecule has 1 fully saturated rings. The van der Waals surface area contributed by atoms with Crippen molar-refractivity contribution in [2.75, 3.05) is 23.4 Å². The van der Waals surface area contributed by atoms with Crippen LogP contribution in [0.15, 0.2) is 24.3 Å². The molecule has 2 aliphatic rings.